The molecule has 1 aromatic rings. The van der Waals surface area contributed by atoms with Crippen LogP contribution in [0.2, 0.25) is 0 Å². The van der Waals surface area contributed by atoms with E-state index in [4.69, 9.17) is 10.7 Å². The zero-order valence-electron chi connectivity index (χ0n) is 9.42. The van der Waals surface area contributed by atoms with Gasteiger partial charge in [0.25, 0.3) is 9.05 Å². The molecule has 1 rings (SSSR count). The van der Waals surface area contributed by atoms with Gasteiger partial charge in [0.15, 0.2) is 0 Å². The highest BCUT2D eigenvalue weighted by atomic mass is 35.7. The van der Waals surface area contributed by atoms with Crippen LogP contribution in [0.5, 0.6) is 0 Å². The van der Waals surface area contributed by atoms with E-state index in [2.05, 4.69) is 0 Å². The monoisotopic (exact) mass is 273 g/mol. The van der Waals surface area contributed by atoms with Crippen LogP contribution >= 0.6 is 10.7 Å². The number of carbonyl (C=O) groups is 1. The highest BCUT2D eigenvalue weighted by molar-refractivity contribution is 8.13. The van der Waals surface area contributed by atoms with Gasteiger partial charge in [-0.05, 0) is 23.8 Å². The third-order valence-electron chi connectivity index (χ3n) is 2.02. The number of carbonyl (C=O) groups excluding carboxylic acids is 1. The van der Waals surface area contributed by atoms with E-state index in [-0.39, 0.29) is 10.8 Å². The summed E-state index contributed by atoms with van der Waals surface area (Å²) < 4.78 is 22.0. The molecule has 0 saturated carbocycles. The first-order valence-electron chi connectivity index (χ1n) is 4.75. The first-order valence-corrected chi connectivity index (χ1v) is 7.06. The lowest BCUT2D eigenvalue weighted by Crippen LogP contribution is -2.18. The maximum Gasteiger partial charge on any atom is 0.261 e. The van der Waals surface area contributed by atoms with Crippen molar-refractivity contribution in [1.82, 2.24) is 4.90 Å². The molecule has 0 aliphatic heterocycles. The number of rotatable bonds is 3. The lowest BCUT2D eigenvalue weighted by molar-refractivity contribution is -0.123. The molecular weight excluding hydrogens is 262 g/mol. The molecule has 0 radical (unpaired) electrons. The van der Waals surface area contributed by atoms with Crippen molar-refractivity contribution >= 4 is 31.7 Å². The van der Waals surface area contributed by atoms with Gasteiger partial charge in [0.05, 0.1) is 4.90 Å². The summed E-state index contributed by atoms with van der Waals surface area (Å²) >= 11 is 0. The molecule has 0 bridgehead atoms. The molecule has 0 N–H and O–H groups in total. The van der Waals surface area contributed by atoms with Crippen LogP contribution in [0.25, 0.3) is 6.08 Å². The first kappa shape index (κ1) is 13.7. The van der Waals surface area contributed by atoms with Gasteiger partial charge in [0.2, 0.25) is 5.91 Å². The van der Waals surface area contributed by atoms with Gasteiger partial charge in [-0.2, -0.15) is 0 Å². The van der Waals surface area contributed by atoms with Gasteiger partial charge in [-0.15, -0.1) is 0 Å². The standard InChI is InChI=1S/C11H12ClNO3S/c1-13(2)11(14)8-5-9-3-6-10(7-4-9)17(12,15)16/h3-8H,1-2H3. The zero-order valence-corrected chi connectivity index (χ0v) is 11.0. The molecule has 6 heteroatoms. The lowest BCUT2D eigenvalue weighted by atomic mass is 10.2. The van der Waals surface area contributed by atoms with Crippen molar-refractivity contribution in [3.63, 3.8) is 0 Å². The zero-order chi connectivity index (χ0) is 13.1. The fraction of sp³-hybridized carbons (Fsp3) is 0.182. The summed E-state index contributed by atoms with van der Waals surface area (Å²) in [5, 5.41) is 0. The molecule has 0 aliphatic rings. The second-order valence-electron chi connectivity index (χ2n) is 3.57. The van der Waals surface area contributed by atoms with Crippen molar-refractivity contribution in [2.24, 2.45) is 0 Å². The highest BCUT2D eigenvalue weighted by Gasteiger charge is 2.08. The van der Waals surface area contributed by atoms with Crippen molar-refractivity contribution in [2.45, 2.75) is 4.90 Å². The van der Waals surface area contributed by atoms with Gasteiger partial charge in [0, 0.05) is 30.9 Å². The molecule has 0 saturated heterocycles. The molecule has 1 amide bonds. The predicted octanol–water partition coefficient (Wildman–Crippen LogP) is 1.72. The number of benzene rings is 1. The second-order valence-corrected chi connectivity index (χ2v) is 6.14. The lowest BCUT2D eigenvalue weighted by Gasteiger charge is -2.05. The largest absolute Gasteiger partial charge is 0.345 e. The van der Waals surface area contributed by atoms with Crippen LogP contribution in [-0.4, -0.2) is 33.3 Å². The van der Waals surface area contributed by atoms with Crippen molar-refractivity contribution in [3.05, 3.63) is 35.9 Å². The molecule has 0 aromatic heterocycles. The molecule has 0 fully saturated rings. The van der Waals surface area contributed by atoms with Crippen molar-refractivity contribution in [3.8, 4) is 0 Å². The van der Waals surface area contributed by atoms with Gasteiger partial charge >= 0.3 is 0 Å². The Morgan fingerprint density at radius 3 is 2.18 bits per heavy atom. The minimum atomic E-state index is -3.69. The molecule has 0 heterocycles. The fourth-order valence-electron chi connectivity index (χ4n) is 1.06. The smallest absolute Gasteiger partial charge is 0.261 e. The Bertz CT molecular complexity index is 532. The average molecular weight is 274 g/mol. The van der Waals surface area contributed by atoms with E-state index in [9.17, 15) is 13.2 Å². The van der Waals surface area contributed by atoms with Crippen LogP contribution in [0.4, 0.5) is 0 Å². The Morgan fingerprint density at radius 1 is 1.24 bits per heavy atom. The molecule has 0 unspecified atom stereocenters. The van der Waals surface area contributed by atoms with Gasteiger partial charge in [-0.3, -0.25) is 4.79 Å². The van der Waals surface area contributed by atoms with Crippen LogP contribution in [0, 0.1) is 0 Å². The number of hydrogen-bond donors (Lipinski definition) is 0. The summed E-state index contributed by atoms with van der Waals surface area (Å²) in [6.07, 6.45) is 3.01. The number of halogens is 1. The number of amides is 1. The maximum atomic E-state index is 11.3. The van der Waals surface area contributed by atoms with Gasteiger partial charge in [0.1, 0.15) is 0 Å². The van der Waals surface area contributed by atoms with Gasteiger partial charge in [-0.1, -0.05) is 12.1 Å². The fourth-order valence-corrected chi connectivity index (χ4v) is 1.83. The van der Waals surface area contributed by atoms with Crippen LogP contribution in [0.15, 0.2) is 35.2 Å². The summed E-state index contributed by atoms with van der Waals surface area (Å²) in [6.45, 7) is 0. The minimum Gasteiger partial charge on any atom is -0.345 e. The van der Waals surface area contributed by atoms with E-state index in [1.54, 1.807) is 32.3 Å². The summed E-state index contributed by atoms with van der Waals surface area (Å²) in [7, 11) is 4.78. The SMILES string of the molecule is CN(C)C(=O)C=Cc1ccc(S(=O)(=O)Cl)cc1. The van der Waals surface area contributed by atoms with E-state index in [1.165, 1.54) is 23.1 Å². The van der Waals surface area contributed by atoms with Crippen molar-refractivity contribution < 1.29 is 13.2 Å². The highest BCUT2D eigenvalue weighted by Crippen LogP contribution is 2.15. The quantitative estimate of drug-likeness (QED) is 0.622. The molecule has 4 nitrogen and oxygen atoms in total. The van der Waals surface area contributed by atoms with Gasteiger partial charge < -0.3 is 4.90 Å². The second kappa shape index (κ2) is 5.33. The molecule has 0 aliphatic carbocycles. The number of likely N-dealkylation sites (N-methyl/N-ethyl adjacent to an activating group) is 1. The number of hydrogen-bond acceptors (Lipinski definition) is 3. The van der Waals surface area contributed by atoms with Crippen LogP contribution < -0.4 is 0 Å². The van der Waals surface area contributed by atoms with E-state index in [0.29, 0.717) is 0 Å². The van der Waals surface area contributed by atoms with Crippen molar-refractivity contribution in [1.29, 1.82) is 0 Å². The van der Waals surface area contributed by atoms with E-state index >= 15 is 0 Å². The molecule has 1 aromatic carbocycles. The Morgan fingerprint density at radius 2 is 1.76 bits per heavy atom. The Hall–Kier alpha value is -1.33. The maximum absolute atomic E-state index is 11.3. The third kappa shape index (κ3) is 4.20. The van der Waals surface area contributed by atoms with E-state index in [1.807, 2.05) is 0 Å². The average Bonchev–Trinajstić information content (AvgIpc) is 2.25. The van der Waals surface area contributed by atoms with E-state index in [0.717, 1.165) is 5.56 Å². The molecule has 17 heavy (non-hydrogen) atoms. The number of nitrogens with zero attached hydrogens (tertiary/aromatic N) is 1. The summed E-state index contributed by atoms with van der Waals surface area (Å²) in [6, 6.07) is 5.94. The van der Waals surface area contributed by atoms with Gasteiger partial charge in [-0.25, -0.2) is 8.42 Å². The van der Waals surface area contributed by atoms with Crippen LogP contribution in [-0.2, 0) is 13.8 Å². The van der Waals surface area contributed by atoms with Crippen LogP contribution in [0.3, 0.4) is 0 Å². The van der Waals surface area contributed by atoms with Crippen LogP contribution in [0.1, 0.15) is 5.56 Å². The molecule has 0 atom stereocenters. The Labute approximate surface area is 105 Å². The molecule has 0 spiro atoms. The first-order chi connectivity index (χ1) is 7.80. The topological polar surface area (TPSA) is 54.5 Å². The van der Waals surface area contributed by atoms with E-state index < -0.39 is 9.05 Å². The Kier molecular flexibility index (Phi) is 4.31. The Balaban J connectivity index is 2.86. The summed E-state index contributed by atoms with van der Waals surface area (Å²) in [5.41, 5.74) is 0.726. The van der Waals surface area contributed by atoms with Crippen molar-refractivity contribution in [2.75, 3.05) is 14.1 Å². The predicted molar refractivity (Wildman–Crippen MR) is 67.2 cm³/mol. The summed E-state index contributed by atoms with van der Waals surface area (Å²) in [5.74, 6) is -0.140. The third-order valence-corrected chi connectivity index (χ3v) is 3.39. The normalized spacial score (nSPS) is 11.7. The summed E-state index contributed by atoms with van der Waals surface area (Å²) in [4.78, 5) is 12.7. The molecular formula is C11H12ClNO3S. The molecule has 92 valence electrons. The minimum absolute atomic E-state index is 0.0373.